The van der Waals surface area contributed by atoms with Crippen molar-refractivity contribution in [2.24, 2.45) is 5.92 Å². The van der Waals surface area contributed by atoms with E-state index in [0.29, 0.717) is 0 Å². The van der Waals surface area contributed by atoms with Gasteiger partial charge in [0.2, 0.25) is 11.8 Å². The first-order valence-electron chi connectivity index (χ1n) is 6.40. The zero-order valence-electron chi connectivity index (χ0n) is 10.0. The summed E-state index contributed by atoms with van der Waals surface area (Å²) in [6, 6.07) is 0. The molecule has 0 bridgehead atoms. The average Bonchev–Trinajstić information content (AvgIpc) is 2.67. The molecule has 16 heavy (non-hydrogen) atoms. The molecule has 1 N–H and O–H groups in total. The monoisotopic (exact) mass is 223 g/mol. The Morgan fingerprint density at radius 3 is 2.75 bits per heavy atom. The highest BCUT2D eigenvalue weighted by Crippen LogP contribution is 2.29. The minimum absolute atomic E-state index is 0.776. The fourth-order valence-corrected chi connectivity index (χ4v) is 1.91. The lowest BCUT2D eigenvalue weighted by molar-refractivity contribution is 0.287. The molecule has 4 nitrogen and oxygen atoms in total. The van der Waals surface area contributed by atoms with Gasteiger partial charge in [-0.25, -0.2) is 0 Å². The van der Waals surface area contributed by atoms with E-state index >= 15 is 0 Å². The van der Waals surface area contributed by atoms with Crippen molar-refractivity contribution in [3.8, 4) is 0 Å². The second-order valence-electron chi connectivity index (χ2n) is 4.59. The highest BCUT2D eigenvalue weighted by Gasteiger charge is 2.20. The minimum atomic E-state index is 0.776. The van der Waals surface area contributed by atoms with Gasteiger partial charge >= 0.3 is 0 Å². The molecule has 0 aromatic carbocycles. The maximum atomic E-state index is 5.61. The topological polar surface area (TPSA) is 51.0 Å². The van der Waals surface area contributed by atoms with Crippen LogP contribution in [0.2, 0.25) is 0 Å². The van der Waals surface area contributed by atoms with Gasteiger partial charge in [0.25, 0.3) is 0 Å². The molecule has 1 aromatic rings. The summed E-state index contributed by atoms with van der Waals surface area (Å²) in [5.74, 6) is 2.40. The molecule has 0 spiro atoms. The Morgan fingerprint density at radius 2 is 2.06 bits per heavy atom. The van der Waals surface area contributed by atoms with Crippen LogP contribution in [-0.2, 0) is 12.8 Å². The van der Waals surface area contributed by atoms with Gasteiger partial charge in [-0.05, 0) is 31.7 Å². The van der Waals surface area contributed by atoms with Crippen molar-refractivity contribution in [2.45, 2.75) is 45.4 Å². The van der Waals surface area contributed by atoms with Crippen molar-refractivity contribution in [1.29, 1.82) is 0 Å². The van der Waals surface area contributed by atoms with Crippen LogP contribution >= 0.6 is 0 Å². The summed E-state index contributed by atoms with van der Waals surface area (Å²) in [6.07, 6.45) is 7.02. The lowest BCUT2D eigenvalue weighted by atomic mass is 9.83. The Hall–Kier alpha value is -0.900. The zero-order valence-corrected chi connectivity index (χ0v) is 10.0. The predicted molar refractivity (Wildman–Crippen MR) is 62.2 cm³/mol. The van der Waals surface area contributed by atoms with Crippen LogP contribution in [0.1, 0.15) is 44.4 Å². The number of nitrogens with one attached hydrogen (secondary N) is 1. The lowest BCUT2D eigenvalue weighted by Gasteiger charge is -2.23. The molecular formula is C12H21N3O. The summed E-state index contributed by atoms with van der Waals surface area (Å²) in [5, 5.41) is 11.5. The van der Waals surface area contributed by atoms with E-state index in [1.165, 1.54) is 19.3 Å². The maximum Gasteiger partial charge on any atom is 0.217 e. The number of hydrogen-bond donors (Lipinski definition) is 1. The predicted octanol–water partition coefficient (Wildman–Crippen LogP) is 1.95. The third-order valence-electron chi connectivity index (χ3n) is 3.14. The zero-order chi connectivity index (χ0) is 11.2. The summed E-state index contributed by atoms with van der Waals surface area (Å²) in [4.78, 5) is 0. The van der Waals surface area contributed by atoms with Crippen molar-refractivity contribution in [2.75, 3.05) is 13.1 Å². The number of rotatable bonds is 7. The quantitative estimate of drug-likeness (QED) is 0.718. The van der Waals surface area contributed by atoms with Crippen molar-refractivity contribution in [3.63, 3.8) is 0 Å². The number of nitrogens with zero attached hydrogens (tertiary/aromatic N) is 2. The van der Waals surface area contributed by atoms with Crippen LogP contribution in [0.25, 0.3) is 0 Å². The Labute approximate surface area is 96.8 Å². The Morgan fingerprint density at radius 1 is 1.25 bits per heavy atom. The van der Waals surface area contributed by atoms with Crippen LogP contribution < -0.4 is 5.32 Å². The van der Waals surface area contributed by atoms with Crippen LogP contribution in [0.15, 0.2) is 4.42 Å². The van der Waals surface area contributed by atoms with Crippen molar-refractivity contribution in [3.05, 3.63) is 11.8 Å². The van der Waals surface area contributed by atoms with Crippen molar-refractivity contribution in [1.82, 2.24) is 15.5 Å². The lowest BCUT2D eigenvalue weighted by Crippen LogP contribution is -2.17. The summed E-state index contributed by atoms with van der Waals surface area (Å²) in [7, 11) is 0. The molecule has 0 atom stereocenters. The molecule has 1 fully saturated rings. The van der Waals surface area contributed by atoms with Gasteiger partial charge in [0.05, 0.1) is 0 Å². The van der Waals surface area contributed by atoms with Crippen LogP contribution in [0.4, 0.5) is 0 Å². The summed E-state index contributed by atoms with van der Waals surface area (Å²) in [5.41, 5.74) is 0. The highest BCUT2D eigenvalue weighted by molar-refractivity contribution is 4.87. The molecule has 1 aliphatic carbocycles. The molecule has 0 amide bonds. The summed E-state index contributed by atoms with van der Waals surface area (Å²) < 4.78 is 5.61. The first-order chi connectivity index (χ1) is 7.88. The standard InChI is InChI=1S/C12H21N3O/c1-2-7-13-8-6-11-14-15-12(16-11)9-10-4-3-5-10/h10,13H,2-9H2,1H3. The molecule has 1 aliphatic rings. The van der Waals surface area contributed by atoms with Gasteiger partial charge in [0, 0.05) is 19.4 Å². The molecule has 90 valence electrons. The molecule has 0 aliphatic heterocycles. The third kappa shape index (κ3) is 3.30. The largest absolute Gasteiger partial charge is 0.425 e. The van der Waals surface area contributed by atoms with E-state index < -0.39 is 0 Å². The minimum Gasteiger partial charge on any atom is -0.425 e. The molecule has 1 heterocycles. The third-order valence-corrected chi connectivity index (χ3v) is 3.14. The Kier molecular flexibility index (Phi) is 4.34. The molecule has 2 rings (SSSR count). The second kappa shape index (κ2) is 5.99. The summed E-state index contributed by atoms with van der Waals surface area (Å²) in [6.45, 7) is 4.15. The maximum absolute atomic E-state index is 5.61. The molecule has 1 saturated carbocycles. The average molecular weight is 223 g/mol. The van der Waals surface area contributed by atoms with E-state index in [4.69, 9.17) is 4.42 Å². The van der Waals surface area contributed by atoms with Gasteiger partial charge in [-0.3, -0.25) is 0 Å². The Bertz CT molecular complexity index is 307. The first kappa shape index (κ1) is 11.6. The van der Waals surface area contributed by atoms with Gasteiger partial charge < -0.3 is 9.73 Å². The highest BCUT2D eigenvalue weighted by atomic mass is 16.4. The van der Waals surface area contributed by atoms with E-state index in [9.17, 15) is 0 Å². The van der Waals surface area contributed by atoms with Gasteiger partial charge in [0.15, 0.2) is 0 Å². The van der Waals surface area contributed by atoms with Crippen LogP contribution in [0.5, 0.6) is 0 Å². The fraction of sp³-hybridized carbons (Fsp3) is 0.833. The van der Waals surface area contributed by atoms with Crippen LogP contribution in [0, 0.1) is 5.92 Å². The van der Waals surface area contributed by atoms with E-state index in [-0.39, 0.29) is 0 Å². The van der Waals surface area contributed by atoms with E-state index in [1.807, 2.05) is 0 Å². The smallest absolute Gasteiger partial charge is 0.217 e. The van der Waals surface area contributed by atoms with Gasteiger partial charge in [-0.1, -0.05) is 13.3 Å². The van der Waals surface area contributed by atoms with Gasteiger partial charge in [-0.2, -0.15) is 0 Å². The molecule has 1 aromatic heterocycles. The molecule has 0 unspecified atom stereocenters. The van der Waals surface area contributed by atoms with E-state index in [1.54, 1.807) is 0 Å². The van der Waals surface area contributed by atoms with Gasteiger partial charge in [-0.15, -0.1) is 10.2 Å². The number of aromatic nitrogens is 2. The first-order valence-corrected chi connectivity index (χ1v) is 6.40. The van der Waals surface area contributed by atoms with Crippen molar-refractivity contribution < 1.29 is 4.42 Å². The van der Waals surface area contributed by atoms with E-state index in [0.717, 1.165) is 50.1 Å². The van der Waals surface area contributed by atoms with Crippen molar-refractivity contribution >= 4 is 0 Å². The fourth-order valence-electron chi connectivity index (χ4n) is 1.91. The Balaban J connectivity index is 1.69. The van der Waals surface area contributed by atoms with E-state index in [2.05, 4.69) is 22.4 Å². The SMILES string of the molecule is CCCNCCc1nnc(CC2CCC2)o1. The summed E-state index contributed by atoms with van der Waals surface area (Å²) >= 11 is 0. The van der Waals surface area contributed by atoms with Crippen LogP contribution in [-0.4, -0.2) is 23.3 Å². The van der Waals surface area contributed by atoms with Crippen LogP contribution in [0.3, 0.4) is 0 Å². The molecular weight excluding hydrogens is 202 g/mol. The molecule has 0 saturated heterocycles. The normalized spacial score (nSPS) is 16.3. The number of hydrogen-bond acceptors (Lipinski definition) is 4. The second-order valence-corrected chi connectivity index (χ2v) is 4.59. The molecule has 4 heteroatoms. The molecule has 0 radical (unpaired) electrons. The van der Waals surface area contributed by atoms with Gasteiger partial charge in [0.1, 0.15) is 0 Å².